The molecule has 5 aliphatic heterocycles. The molecule has 0 saturated carbocycles. The lowest BCUT2D eigenvalue weighted by molar-refractivity contribution is -0.135. The van der Waals surface area contributed by atoms with Crippen molar-refractivity contribution in [2.45, 2.75) is 98.4 Å². The number of carbonyl (C=O) groups excluding carboxylic acids is 4. The molecular formula is C72H78F6N6O38P8. The van der Waals surface area contributed by atoms with Gasteiger partial charge in [-0.25, -0.2) is 40.7 Å². The third-order valence-corrected chi connectivity index (χ3v) is 36.9. The number of esters is 1. The van der Waals surface area contributed by atoms with Crippen LogP contribution in [0.1, 0.15) is 96.9 Å². The first-order chi connectivity index (χ1) is 60.6. The summed E-state index contributed by atoms with van der Waals surface area (Å²) in [7, 11) is -40.2. The molecule has 8 aromatic rings. The molecule has 4 aromatic carbocycles. The van der Waals surface area contributed by atoms with Crippen molar-refractivity contribution in [1.82, 2.24) is 29.7 Å². The molecule has 0 radical (unpaired) electrons. The number of hydrogen-bond donors (Lipinski definition) is 12. The van der Waals surface area contributed by atoms with Gasteiger partial charge < -0.3 is 97.8 Å². The van der Waals surface area contributed by atoms with Gasteiger partial charge in [-0.05, 0) is 83.6 Å². The van der Waals surface area contributed by atoms with Gasteiger partial charge in [0.1, 0.15) is 46.3 Å². The lowest BCUT2D eigenvalue weighted by Gasteiger charge is -2.41. The summed E-state index contributed by atoms with van der Waals surface area (Å²) >= 11 is 0. The fourth-order valence-corrected chi connectivity index (χ4v) is 26.1. The van der Waals surface area contributed by atoms with Gasteiger partial charge in [-0.1, -0.05) is 44.2 Å². The molecule has 9 heterocycles. The van der Waals surface area contributed by atoms with Crippen LogP contribution >= 0.6 is 60.8 Å². The highest BCUT2D eigenvalue weighted by Gasteiger charge is 2.71. The molecule has 44 nitrogen and oxygen atoms in total. The van der Waals surface area contributed by atoms with Crippen molar-refractivity contribution < 1.29 is 206 Å². The molecule has 0 spiro atoms. The number of carbonyl (C=O) groups is 4. The monoisotopic (exact) mass is 2000 g/mol. The number of morpholine rings is 1. The molecule has 0 aliphatic carbocycles. The highest BCUT2D eigenvalue weighted by molar-refractivity contribution is 7.75. The van der Waals surface area contributed by atoms with Crippen molar-refractivity contribution >= 4 is 85.1 Å². The minimum atomic E-state index is -5.44. The summed E-state index contributed by atoms with van der Waals surface area (Å²) in [5, 5.41) is 29.6. The van der Waals surface area contributed by atoms with Crippen LogP contribution in [0, 0.1) is 40.8 Å². The first-order valence-electron chi connectivity index (χ1n) is 37.2. The summed E-state index contributed by atoms with van der Waals surface area (Å²) in [6.07, 6.45) is -5.14. The van der Waals surface area contributed by atoms with Gasteiger partial charge in [-0.2, -0.15) is 0 Å². The summed E-state index contributed by atoms with van der Waals surface area (Å²) in [6.45, 7) is 5.94. The number of benzene rings is 4. The summed E-state index contributed by atoms with van der Waals surface area (Å²) < 4.78 is 258. The zero-order valence-electron chi connectivity index (χ0n) is 67.5. The molecule has 706 valence electrons. The van der Waals surface area contributed by atoms with Crippen LogP contribution in [-0.4, -0.2) is 181 Å². The molecule has 8 atom stereocenters. The minimum Gasteiger partial charge on any atom is -0.434 e. The first kappa shape index (κ1) is 103. The number of hydrogen-bond acceptors (Lipinski definition) is 34. The van der Waals surface area contributed by atoms with Gasteiger partial charge in [0.05, 0.1) is 36.5 Å². The van der Waals surface area contributed by atoms with Crippen molar-refractivity contribution in [3.05, 3.63) is 238 Å². The van der Waals surface area contributed by atoms with E-state index >= 15 is 0 Å². The summed E-state index contributed by atoms with van der Waals surface area (Å²) in [6, 6.07) is 19.5. The van der Waals surface area contributed by atoms with Crippen LogP contribution < -0.4 is 18.9 Å². The van der Waals surface area contributed by atoms with Crippen molar-refractivity contribution in [2.24, 2.45) is 5.92 Å². The molecule has 12 N–H and O–H groups in total. The standard InChI is InChI=1S/C19H21F2NO9P2.C19H21FN2O10P2.C17H18F2N2O9P2.C17H18FNO10P2/c1-11(2)6-16(23)29-13-7-14(20)17(15(21)8-13)18-30-32(25,26)19(24,33(27,28)31-18)9-12-4-3-5-22-10-12;20-15-5-1-4-14(16(15)30-18(23)22-7-9-29-10-8-22)17-31-33(25,26)19(24,34(27,28)32-17)11-13-3-2-6-21-12-13;1-21(2)16(22)28-11-6-12(18)14(13(19)7-11)15-29-31(24,25)17(23,32(26,27)30-15)8-10-4-3-5-20-9-10;1-2-26-16(20)27-12-5-6-13(14(18)8-12)15-28-30(22,23)17(21,31(24,25)29-15)9-11-4-3-7-19-10-11/h3-5,7-8,10-11,18,24H,6,9H2,1-2H3,(H,25,26)(H,27,28);1-6,12,17,24H,7-11H2,(H,25,26)(H,27,28);3-7,9,15,23H,8H2,1-2H3,(H,24,25)(H,26,27);3-8,10,15,21H,2,9H2,1H3,(H,22,23)(H,24,25). The van der Waals surface area contributed by atoms with Gasteiger partial charge >= 0.3 is 85.1 Å². The quantitative estimate of drug-likeness (QED) is 0.0118. The van der Waals surface area contributed by atoms with Crippen LogP contribution in [-0.2, 0) is 113 Å². The van der Waals surface area contributed by atoms with E-state index in [2.05, 4.69) is 24.7 Å². The molecule has 4 aromatic heterocycles. The average molecular weight is 2000 g/mol. The number of aromatic nitrogens is 4. The van der Waals surface area contributed by atoms with Gasteiger partial charge in [-0.3, -0.25) is 97.4 Å². The van der Waals surface area contributed by atoms with Gasteiger partial charge in [0.15, 0.2) is 11.6 Å². The van der Waals surface area contributed by atoms with Gasteiger partial charge in [-0.15, -0.1) is 0 Å². The largest absolute Gasteiger partial charge is 0.513 e. The normalized spacial score (nSPS) is 30.5. The predicted octanol–water partition coefficient (Wildman–Crippen LogP) is 11.8. The maximum absolute atomic E-state index is 14.6. The van der Waals surface area contributed by atoms with E-state index in [-0.39, 0.29) is 73.3 Å². The van der Waals surface area contributed by atoms with Crippen LogP contribution in [0.5, 0.6) is 23.0 Å². The lowest BCUT2D eigenvalue weighted by atomic mass is 10.1. The zero-order valence-corrected chi connectivity index (χ0v) is 74.6. The number of rotatable bonds is 19. The van der Waals surface area contributed by atoms with Gasteiger partial charge in [0.2, 0.25) is 25.2 Å². The van der Waals surface area contributed by atoms with E-state index in [1.54, 1.807) is 20.8 Å². The topological polar surface area (TPSA) is 635 Å². The van der Waals surface area contributed by atoms with Crippen LogP contribution in [0.3, 0.4) is 0 Å². The van der Waals surface area contributed by atoms with Crippen molar-refractivity contribution in [3.63, 3.8) is 0 Å². The highest BCUT2D eigenvalue weighted by Crippen LogP contribution is 2.83. The lowest BCUT2D eigenvalue weighted by Crippen LogP contribution is -2.42. The van der Waals surface area contributed by atoms with Crippen LogP contribution in [0.15, 0.2) is 159 Å². The molecule has 2 amide bonds. The molecule has 5 aliphatic rings. The number of aliphatic hydroxyl groups is 4. The van der Waals surface area contributed by atoms with E-state index in [1.807, 2.05) is 0 Å². The Morgan fingerprint density at radius 3 is 1.10 bits per heavy atom. The highest BCUT2D eigenvalue weighted by atomic mass is 31.3. The average Bonchev–Trinajstić information content (AvgIpc) is 0.727. The second kappa shape index (κ2) is 41.0. The minimum absolute atomic E-state index is 0.0171. The van der Waals surface area contributed by atoms with Crippen molar-refractivity contribution in [1.29, 1.82) is 0 Å². The fraction of sp³-hybridized carbons (Fsp3) is 0.333. The van der Waals surface area contributed by atoms with Crippen LogP contribution in [0.2, 0.25) is 0 Å². The van der Waals surface area contributed by atoms with E-state index in [9.17, 15) is 142 Å². The molecule has 5 fully saturated rings. The van der Waals surface area contributed by atoms with E-state index < -0.39 is 231 Å². The summed E-state index contributed by atoms with van der Waals surface area (Å²) in [4.78, 5) is 147. The number of ether oxygens (including phenoxy) is 6. The maximum atomic E-state index is 14.6. The van der Waals surface area contributed by atoms with E-state index in [0.29, 0.717) is 24.3 Å². The Bertz CT molecular complexity index is 5770. The third kappa shape index (κ3) is 23.0. The molecule has 8 unspecified atom stereocenters. The molecule has 130 heavy (non-hydrogen) atoms. The van der Waals surface area contributed by atoms with Gasteiger partial charge in [0.25, 0.3) is 20.3 Å². The Balaban J connectivity index is 0.000000180. The second-order valence-electron chi connectivity index (χ2n) is 28.6. The Hall–Kier alpha value is -8.66. The molecule has 13 rings (SSSR count). The van der Waals surface area contributed by atoms with Gasteiger partial charge in [0, 0.05) is 145 Å². The molecule has 58 heteroatoms. The first-order valence-corrected chi connectivity index (χ1v) is 49.8. The second-order valence-corrected chi connectivity index (χ2v) is 46.0. The zero-order chi connectivity index (χ0) is 95.9. The van der Waals surface area contributed by atoms with Crippen molar-refractivity contribution in [2.75, 3.05) is 47.0 Å². The summed E-state index contributed by atoms with van der Waals surface area (Å²) in [5.41, 5.74) is -2.73. The number of pyridine rings is 4. The van der Waals surface area contributed by atoms with E-state index in [0.717, 1.165) is 47.5 Å². The fourth-order valence-electron chi connectivity index (χ4n) is 11.9. The molecular weight excluding hydrogens is 1920 g/mol. The van der Waals surface area contributed by atoms with E-state index in [1.165, 1.54) is 111 Å². The number of amides is 2. The number of nitrogens with zero attached hydrogens (tertiary/aromatic N) is 6. The maximum Gasteiger partial charge on any atom is 0.513 e. The predicted molar refractivity (Wildman–Crippen MR) is 426 cm³/mol. The number of para-hydroxylation sites is 1. The Morgan fingerprint density at radius 2 is 0.777 bits per heavy atom. The van der Waals surface area contributed by atoms with Crippen molar-refractivity contribution in [3.8, 4) is 23.0 Å². The SMILES string of the molecule is CC(C)CC(=O)Oc1cc(F)c(C2OP(=O)(O)C(O)(Cc3cccnc3)P(=O)(O)O2)c(F)c1.CCOC(=O)Oc1ccc(C2OP(=O)(O)C(O)(Cc3cccnc3)P(=O)(O)O2)c(F)c1.CN(C)C(=O)Oc1cc(F)c(C2OP(=O)(O)C(O)(Cc3cccnc3)P(=O)(O)O2)c(F)c1.O=C(Oc1c(F)cccc1C1OP(=O)(O)C(O)(Cc2cccnc2)P(=O)(O)O1)N1CCOCC1. The van der Waals surface area contributed by atoms with Crippen LogP contribution in [0.4, 0.5) is 40.7 Å². The Labute approximate surface area is 730 Å². The number of halogens is 6. The van der Waals surface area contributed by atoms with E-state index in [4.69, 9.17) is 59.9 Å². The smallest absolute Gasteiger partial charge is 0.434 e. The molecule has 0 bridgehead atoms. The van der Waals surface area contributed by atoms with Crippen LogP contribution in [0.25, 0.3) is 0 Å². The Kier molecular flexibility index (Phi) is 32.7. The Morgan fingerprint density at radius 1 is 0.438 bits per heavy atom. The molecule has 5 saturated heterocycles. The third-order valence-electron chi connectivity index (χ3n) is 18.5. The summed E-state index contributed by atoms with van der Waals surface area (Å²) in [5.74, 6) is -10.8.